The third-order valence-corrected chi connectivity index (χ3v) is 24.0. The number of carbonyl (C=O) groups is 2. The summed E-state index contributed by atoms with van der Waals surface area (Å²) in [7, 11) is 0. The Kier molecular flexibility index (Phi) is 36.2. The molecule has 32 N–H and O–H groups in total. The molecule has 0 aliphatic carbocycles. The predicted octanol–water partition coefficient (Wildman–Crippen LogP) is -22.2. The summed E-state index contributed by atoms with van der Waals surface area (Å²) in [4.78, 5) is 24.5. The van der Waals surface area contributed by atoms with Gasteiger partial charge in [-0.1, -0.05) is 0 Å². The van der Waals surface area contributed by atoms with Crippen LogP contribution in [0.4, 0.5) is 0 Å². The van der Waals surface area contributed by atoms with Gasteiger partial charge < -0.3 is 253 Å². The number of rotatable bonds is 34. The first-order valence-electron chi connectivity index (χ1n) is 39.0. The number of aliphatic hydroxyl groups is 31. The van der Waals surface area contributed by atoms with Crippen molar-refractivity contribution in [2.75, 3.05) is 78.4 Å². The topological polar surface area (TPSA) is 858 Å². The smallest absolute Gasteiger partial charge is 0.240 e. The zero-order valence-electron chi connectivity index (χ0n) is 64.1. The zero-order valence-corrected chi connectivity index (χ0v) is 64.9. The molecule has 0 aromatic rings. The zero-order chi connectivity index (χ0) is 89.1. The number of thioether (sulfide) groups is 1. The molecule has 2 amide bonds. The second kappa shape index (κ2) is 44.1. The van der Waals surface area contributed by atoms with Crippen molar-refractivity contribution in [3.05, 3.63) is 0 Å². The third-order valence-electron chi connectivity index (χ3n) is 22.7. The van der Waals surface area contributed by atoms with E-state index in [0.29, 0.717) is 0 Å². The number of aliphatic hydroxyl groups excluding tert-OH is 31. The average molecular weight is 1810 g/mol. The Labute approximate surface area is 693 Å². The van der Waals surface area contributed by atoms with E-state index in [0.717, 1.165) is 11.8 Å². The van der Waals surface area contributed by atoms with Crippen LogP contribution in [0.5, 0.6) is 0 Å². The summed E-state index contributed by atoms with van der Waals surface area (Å²) < 4.78 is 117. The van der Waals surface area contributed by atoms with Gasteiger partial charge in [0, 0.05) is 6.42 Å². The normalized spacial score (nSPS) is 51.2. The molecule has 708 valence electrons. The Morgan fingerprint density at radius 1 is 0.254 bits per heavy atom. The lowest BCUT2D eigenvalue weighted by Gasteiger charge is -2.51. The molecule has 11 aliphatic rings. The van der Waals surface area contributed by atoms with Gasteiger partial charge in [-0.2, -0.15) is 0 Å². The van der Waals surface area contributed by atoms with E-state index in [1.165, 1.54) is 0 Å². The van der Waals surface area contributed by atoms with Gasteiger partial charge in [-0.25, -0.2) is 0 Å². The summed E-state index contributed by atoms with van der Waals surface area (Å²) in [5.74, 6) is -1.06. The van der Waals surface area contributed by atoms with Gasteiger partial charge in [0.2, 0.25) is 11.8 Å². The van der Waals surface area contributed by atoms with E-state index in [4.69, 9.17) is 94.7 Å². The second-order valence-corrected chi connectivity index (χ2v) is 32.0. The van der Waals surface area contributed by atoms with Crippen molar-refractivity contribution in [3.8, 4) is 0 Å². The van der Waals surface area contributed by atoms with Gasteiger partial charge in [0.25, 0.3) is 0 Å². The van der Waals surface area contributed by atoms with E-state index in [2.05, 4.69) is 5.32 Å². The van der Waals surface area contributed by atoms with Gasteiger partial charge >= 0.3 is 0 Å². The molecule has 11 aliphatic heterocycles. The number of hydrogen-bond donors (Lipinski definition) is 32. The summed E-state index contributed by atoms with van der Waals surface area (Å²) in [5, 5.41) is 343. The van der Waals surface area contributed by atoms with Crippen LogP contribution < -0.4 is 5.32 Å². The highest BCUT2D eigenvalue weighted by Crippen LogP contribution is 2.42. The molecular weight excluding hydrogens is 1700 g/mol. The van der Waals surface area contributed by atoms with Gasteiger partial charge in [0.05, 0.1) is 77.9 Å². The van der Waals surface area contributed by atoms with E-state index in [-0.39, 0.29) is 18.6 Å². The van der Waals surface area contributed by atoms with Crippen molar-refractivity contribution in [2.45, 2.75) is 325 Å². The Morgan fingerprint density at radius 3 is 0.828 bits per heavy atom. The van der Waals surface area contributed by atoms with Gasteiger partial charge in [-0.3, -0.25) is 14.9 Å². The number of ether oxygens (including phenoxy) is 20. The molecule has 51 atom stereocenters. The maximum atomic E-state index is 12.6. The summed E-state index contributed by atoms with van der Waals surface area (Å²) in [6.07, 6.45) is -106. The number of hydrogen-bond acceptors (Lipinski definition) is 54. The van der Waals surface area contributed by atoms with Crippen LogP contribution in [-0.4, -0.2) is 561 Å². The third kappa shape index (κ3) is 21.5. The minimum absolute atomic E-state index is 0.0151. The molecule has 0 aromatic heterocycles. The van der Waals surface area contributed by atoms with E-state index >= 15 is 0 Å². The van der Waals surface area contributed by atoms with Crippen molar-refractivity contribution in [3.63, 3.8) is 0 Å². The monoisotopic (exact) mass is 1810 g/mol. The number of nitrogens with one attached hydrogen (secondary N) is 1. The fourth-order valence-corrected chi connectivity index (χ4v) is 16.6. The van der Waals surface area contributed by atoms with Crippen LogP contribution in [0.3, 0.4) is 0 Å². The van der Waals surface area contributed by atoms with Crippen molar-refractivity contribution < 1.29 is 263 Å². The molecule has 11 heterocycles. The molecule has 11 rings (SSSR count). The lowest BCUT2D eigenvalue weighted by atomic mass is 9.95. The van der Waals surface area contributed by atoms with Crippen LogP contribution in [0.15, 0.2) is 0 Å². The number of amides is 2. The van der Waals surface area contributed by atoms with Crippen molar-refractivity contribution in [1.29, 1.82) is 0 Å². The second-order valence-electron chi connectivity index (χ2n) is 30.7. The van der Waals surface area contributed by atoms with Crippen LogP contribution in [0.1, 0.15) is 12.8 Å². The van der Waals surface area contributed by atoms with Gasteiger partial charge in [-0.05, 0) is 12.2 Å². The Morgan fingerprint density at radius 2 is 0.508 bits per heavy atom. The summed E-state index contributed by atoms with van der Waals surface area (Å²) in [6.45, 7) is -11.5. The summed E-state index contributed by atoms with van der Waals surface area (Å²) in [6, 6.07) is 0. The van der Waals surface area contributed by atoms with Crippen LogP contribution in [-0.2, 0) is 104 Å². The first-order valence-corrected chi connectivity index (χ1v) is 40.0. The predicted molar refractivity (Wildman–Crippen MR) is 372 cm³/mol. The molecule has 21 unspecified atom stereocenters. The molecule has 55 heteroatoms. The molecule has 0 radical (unpaired) electrons. The van der Waals surface area contributed by atoms with E-state index in [9.17, 15) is 168 Å². The fraction of sp³-hybridized carbons (Fsp3) is 0.970. The lowest BCUT2D eigenvalue weighted by molar-refractivity contribution is -0.410. The SMILES string of the molecule is O=C1CC(SCCCO[C@H]2OC(CO[C@@H]3OC(CO)[C@@H](O)[C@H](O)C3O[C@@H]3OC(CO)[C@@H](O[C@@H]4OC(CO)[C@H](O[C@H]5OC(CO)[C@H](O)[C@H](O)C5O)[C@H](O)C4O)[C@H](O)C3O)[C@@H](O[C@@H]3OC(CO)[C@@H](O)[C@H](O)C3O[C@H]3OC(CO)[C@@H](O[C@@H]4OC(CO)[C@H](O[C@H]5OC(CO)[C@H](O)[C@H](O)C5O)[C@H](O)C4O)[C@H](O)C3O)[C@H](O[C@@H]3OC(CO)[C@@H](O)[C@H](O)C3O)C2O)C(=O)N1. The molecular formula is C67H111NO53S. The minimum atomic E-state index is -2.49. The van der Waals surface area contributed by atoms with Gasteiger partial charge in [0.1, 0.15) is 244 Å². The van der Waals surface area contributed by atoms with Gasteiger partial charge in [0.15, 0.2) is 62.9 Å². The summed E-state index contributed by atoms with van der Waals surface area (Å²) in [5.41, 5.74) is 0. The maximum absolute atomic E-state index is 12.6. The highest BCUT2D eigenvalue weighted by atomic mass is 32.2. The fourth-order valence-electron chi connectivity index (χ4n) is 15.6. The minimum Gasteiger partial charge on any atom is -0.394 e. The molecule has 0 spiro atoms. The van der Waals surface area contributed by atoms with E-state index < -0.39 is 397 Å². The average Bonchev–Trinajstić information content (AvgIpc) is 0.887. The first kappa shape index (κ1) is 100. The van der Waals surface area contributed by atoms with E-state index in [1.54, 1.807) is 0 Å². The number of imide groups is 1. The largest absolute Gasteiger partial charge is 0.394 e. The van der Waals surface area contributed by atoms with Gasteiger partial charge in [-0.15, -0.1) is 11.8 Å². The highest BCUT2D eigenvalue weighted by molar-refractivity contribution is 8.00. The molecule has 11 fully saturated rings. The van der Waals surface area contributed by atoms with Crippen molar-refractivity contribution in [2.24, 2.45) is 0 Å². The first-order chi connectivity index (χ1) is 58.0. The molecule has 122 heavy (non-hydrogen) atoms. The molecule has 54 nitrogen and oxygen atoms in total. The van der Waals surface area contributed by atoms with Crippen molar-refractivity contribution >= 4 is 23.6 Å². The molecule has 0 bridgehead atoms. The molecule has 0 saturated carbocycles. The molecule has 0 aromatic carbocycles. The van der Waals surface area contributed by atoms with Crippen LogP contribution in [0, 0.1) is 0 Å². The van der Waals surface area contributed by atoms with Crippen LogP contribution >= 0.6 is 11.8 Å². The van der Waals surface area contributed by atoms with Crippen LogP contribution in [0.2, 0.25) is 0 Å². The maximum Gasteiger partial charge on any atom is 0.240 e. The van der Waals surface area contributed by atoms with E-state index in [1.807, 2.05) is 0 Å². The Bertz CT molecular complexity index is 3190. The number of carbonyl (C=O) groups excluding carboxylic acids is 2. The Balaban J connectivity index is 0.861. The van der Waals surface area contributed by atoms with Crippen LogP contribution in [0.25, 0.3) is 0 Å². The summed E-state index contributed by atoms with van der Waals surface area (Å²) >= 11 is 1.03. The lowest BCUT2D eigenvalue weighted by Crippen LogP contribution is -2.69. The highest BCUT2D eigenvalue weighted by Gasteiger charge is 2.62. The van der Waals surface area contributed by atoms with Crippen molar-refractivity contribution in [1.82, 2.24) is 5.32 Å². The molecule has 11 saturated heterocycles. The Hall–Kier alpha value is -2.55. The quantitative estimate of drug-likeness (QED) is 0.0210. The standard InChI is InChI=1S/C67H111NO53S/c69-5-15-27(79)32(84)41(93)59(104-15)114-49-20(10-74)109-62(44(96)37(49)89)116-51-22(12-76)111-64(46(98)39(51)91)120-55-35(87)30(82)18(8-72)107-66(55)103-14-24-53(54(119-61-43(95)34(86)29(81)17(7-71)106-61)48(100)58(113-24)102-2-1-3-122-25-4-26(78)68-57(25)101)118-67-56(36(88)31(83)19(9-73)108-67)121-65-47(99)40(92)52(23(13-77)112-65)117-63-45(97)38(90)50(21(11-75)110-63)115-60-42(94)33(85)28(80)16(6-70)105-60/h15-25,27-56,58-67,69-77,79-100H,1-14H2,(H,68,78,101)/t15?,16?,17?,18?,19?,20?,21?,22?,23?,24?,25?,27-,28-,29+,30+,31+,32-,33-,34-,35-,36-,37+,38+,39+,40+,41?,42?,43?,44?,45?,46?,47?,48?,49-,50-,51+,52+,53+,54+,55?,56?,58-,59+,60+,61-,62-,63-,64-,65+,66+,67-/m0/s1.